The molecule has 2 aliphatic rings. The molecule has 1 spiro atoms. The maximum absolute atomic E-state index is 6.24. The fourth-order valence-electron chi connectivity index (χ4n) is 3.49. The lowest BCUT2D eigenvalue weighted by Gasteiger charge is -2.43. The number of thiazole rings is 1. The van der Waals surface area contributed by atoms with Gasteiger partial charge in [0.05, 0.1) is 32.6 Å². The van der Waals surface area contributed by atoms with Crippen LogP contribution < -0.4 is 4.90 Å². The number of hydrogen-bond donors (Lipinski definition) is 0. The second-order valence-electron chi connectivity index (χ2n) is 6.55. The number of aromatic nitrogens is 3. The van der Waals surface area contributed by atoms with Gasteiger partial charge in [-0.15, -0.1) is 11.3 Å². The highest BCUT2D eigenvalue weighted by atomic mass is 32.1. The van der Waals surface area contributed by atoms with Crippen LogP contribution in [0.3, 0.4) is 0 Å². The molecule has 4 heterocycles. The van der Waals surface area contributed by atoms with Crippen LogP contribution in [0.1, 0.15) is 5.56 Å². The van der Waals surface area contributed by atoms with E-state index in [1.165, 1.54) is 5.56 Å². The lowest BCUT2D eigenvalue weighted by Crippen LogP contribution is -2.58. The SMILES string of the molecule is Cn1cc(CN2CCO[C@]3(COCCN(c4nccs4)C3)C2)cn1. The Morgan fingerprint density at radius 1 is 1.29 bits per heavy atom. The Bertz CT molecular complexity index is 661. The quantitative estimate of drug-likeness (QED) is 0.824. The second kappa shape index (κ2) is 6.79. The highest BCUT2D eigenvalue weighted by molar-refractivity contribution is 7.13. The molecule has 0 saturated carbocycles. The van der Waals surface area contributed by atoms with Gasteiger partial charge in [-0.05, 0) is 0 Å². The zero-order valence-electron chi connectivity index (χ0n) is 13.9. The molecule has 0 radical (unpaired) electrons. The third-order valence-corrected chi connectivity index (χ3v) is 5.36. The van der Waals surface area contributed by atoms with Crippen LogP contribution in [0.15, 0.2) is 24.0 Å². The Balaban J connectivity index is 1.47. The summed E-state index contributed by atoms with van der Waals surface area (Å²) in [5.74, 6) is 0. The molecule has 0 aromatic carbocycles. The van der Waals surface area contributed by atoms with Crippen LogP contribution in [0.2, 0.25) is 0 Å². The highest BCUT2D eigenvalue weighted by Gasteiger charge is 2.40. The van der Waals surface area contributed by atoms with E-state index in [2.05, 4.69) is 26.1 Å². The van der Waals surface area contributed by atoms with E-state index in [1.54, 1.807) is 11.3 Å². The van der Waals surface area contributed by atoms with Crippen molar-refractivity contribution in [1.29, 1.82) is 0 Å². The van der Waals surface area contributed by atoms with E-state index in [-0.39, 0.29) is 5.60 Å². The van der Waals surface area contributed by atoms with E-state index in [4.69, 9.17) is 9.47 Å². The predicted octanol–water partition coefficient (Wildman–Crippen LogP) is 0.984. The van der Waals surface area contributed by atoms with Gasteiger partial charge in [-0.1, -0.05) is 0 Å². The summed E-state index contributed by atoms with van der Waals surface area (Å²) < 4.78 is 14.0. The summed E-state index contributed by atoms with van der Waals surface area (Å²) in [6.07, 6.45) is 5.87. The summed E-state index contributed by atoms with van der Waals surface area (Å²) in [7, 11) is 1.95. The molecule has 0 amide bonds. The second-order valence-corrected chi connectivity index (χ2v) is 7.43. The first-order valence-electron chi connectivity index (χ1n) is 8.29. The third-order valence-electron chi connectivity index (χ3n) is 4.53. The third kappa shape index (κ3) is 3.46. The topological polar surface area (TPSA) is 55.6 Å². The molecule has 2 fully saturated rings. The van der Waals surface area contributed by atoms with Crippen molar-refractivity contribution < 1.29 is 9.47 Å². The van der Waals surface area contributed by atoms with Crippen molar-refractivity contribution in [1.82, 2.24) is 19.7 Å². The fraction of sp³-hybridized carbons (Fsp3) is 0.625. The molecule has 0 unspecified atom stereocenters. The Morgan fingerprint density at radius 3 is 3.04 bits per heavy atom. The Morgan fingerprint density at radius 2 is 2.25 bits per heavy atom. The molecule has 1 atom stereocenters. The molecule has 2 saturated heterocycles. The minimum absolute atomic E-state index is 0.289. The van der Waals surface area contributed by atoms with Crippen molar-refractivity contribution >= 4 is 16.5 Å². The summed E-state index contributed by atoms with van der Waals surface area (Å²) in [5, 5.41) is 7.33. The molecule has 4 rings (SSSR count). The molecular weight excluding hydrogens is 326 g/mol. The number of anilines is 1. The number of hydrogen-bond acceptors (Lipinski definition) is 7. The predicted molar refractivity (Wildman–Crippen MR) is 92.3 cm³/mol. The molecule has 8 heteroatoms. The molecule has 7 nitrogen and oxygen atoms in total. The van der Waals surface area contributed by atoms with Crippen molar-refractivity contribution in [3.8, 4) is 0 Å². The van der Waals surface area contributed by atoms with Crippen molar-refractivity contribution in [2.75, 3.05) is 50.9 Å². The standard InChI is InChI=1S/C16H23N5O2S/c1-19-9-14(8-18-19)10-20-3-6-23-16(11-20)12-21(4-5-22-13-16)15-17-2-7-24-15/h2,7-9H,3-6,10-13H2,1H3/t16-/m1/s1. The summed E-state index contributed by atoms with van der Waals surface area (Å²) in [4.78, 5) is 9.19. The number of aryl methyl sites for hydroxylation is 1. The molecule has 0 aliphatic carbocycles. The normalized spacial score (nSPS) is 26.0. The van der Waals surface area contributed by atoms with E-state index >= 15 is 0 Å². The summed E-state index contributed by atoms with van der Waals surface area (Å²) >= 11 is 1.67. The van der Waals surface area contributed by atoms with Gasteiger partial charge in [0.15, 0.2) is 5.13 Å². The maximum atomic E-state index is 6.24. The molecule has 2 aromatic heterocycles. The van der Waals surface area contributed by atoms with Gasteiger partial charge in [-0.25, -0.2) is 4.98 Å². The number of morpholine rings is 1. The number of nitrogens with zero attached hydrogens (tertiary/aromatic N) is 5. The maximum Gasteiger partial charge on any atom is 0.185 e. The molecule has 24 heavy (non-hydrogen) atoms. The average Bonchev–Trinajstić information content (AvgIpc) is 3.19. The average molecular weight is 349 g/mol. The van der Waals surface area contributed by atoms with Gasteiger partial charge < -0.3 is 14.4 Å². The van der Waals surface area contributed by atoms with Crippen LogP contribution in [0.5, 0.6) is 0 Å². The van der Waals surface area contributed by atoms with Gasteiger partial charge in [0.1, 0.15) is 5.60 Å². The van der Waals surface area contributed by atoms with Crippen LogP contribution in [0.4, 0.5) is 5.13 Å². The minimum atomic E-state index is -0.289. The fourth-order valence-corrected chi connectivity index (χ4v) is 4.16. The van der Waals surface area contributed by atoms with E-state index < -0.39 is 0 Å². The zero-order valence-corrected chi connectivity index (χ0v) is 14.7. The monoisotopic (exact) mass is 349 g/mol. The van der Waals surface area contributed by atoms with Crippen LogP contribution in [-0.2, 0) is 23.1 Å². The van der Waals surface area contributed by atoms with Crippen LogP contribution in [0.25, 0.3) is 0 Å². The Kier molecular flexibility index (Phi) is 4.53. The molecule has 2 aliphatic heterocycles. The van der Waals surface area contributed by atoms with Crippen molar-refractivity contribution in [2.45, 2.75) is 12.1 Å². The Hall–Kier alpha value is -1.48. The summed E-state index contributed by atoms with van der Waals surface area (Å²) in [6.45, 7) is 6.47. The van der Waals surface area contributed by atoms with Crippen LogP contribution in [-0.4, -0.2) is 71.3 Å². The Labute approximate surface area is 145 Å². The molecular formula is C16H23N5O2S. The van der Waals surface area contributed by atoms with Crippen LogP contribution in [0, 0.1) is 0 Å². The molecule has 130 valence electrons. The van der Waals surface area contributed by atoms with Gasteiger partial charge in [0, 0.05) is 56.6 Å². The van der Waals surface area contributed by atoms with Gasteiger partial charge in [0.2, 0.25) is 0 Å². The van der Waals surface area contributed by atoms with Gasteiger partial charge in [-0.2, -0.15) is 5.10 Å². The van der Waals surface area contributed by atoms with E-state index in [9.17, 15) is 0 Å². The largest absolute Gasteiger partial charge is 0.376 e. The van der Waals surface area contributed by atoms with Gasteiger partial charge >= 0.3 is 0 Å². The summed E-state index contributed by atoms with van der Waals surface area (Å²) in [6, 6.07) is 0. The van der Waals surface area contributed by atoms with Gasteiger partial charge in [0.25, 0.3) is 0 Å². The highest BCUT2D eigenvalue weighted by Crippen LogP contribution is 2.27. The lowest BCUT2D eigenvalue weighted by atomic mass is 10.0. The molecule has 2 aromatic rings. The van der Waals surface area contributed by atoms with E-state index in [0.29, 0.717) is 13.2 Å². The van der Waals surface area contributed by atoms with E-state index in [1.807, 2.05) is 29.5 Å². The van der Waals surface area contributed by atoms with Crippen LogP contribution >= 0.6 is 11.3 Å². The lowest BCUT2D eigenvalue weighted by molar-refractivity contribution is -0.134. The minimum Gasteiger partial charge on any atom is -0.376 e. The molecule has 0 bridgehead atoms. The number of ether oxygens (including phenoxy) is 2. The first-order chi connectivity index (χ1) is 11.7. The van der Waals surface area contributed by atoms with Gasteiger partial charge in [-0.3, -0.25) is 9.58 Å². The first-order valence-corrected chi connectivity index (χ1v) is 9.16. The first kappa shape index (κ1) is 16.0. The van der Waals surface area contributed by atoms with Crippen molar-refractivity contribution in [3.63, 3.8) is 0 Å². The van der Waals surface area contributed by atoms with E-state index in [0.717, 1.165) is 44.5 Å². The van der Waals surface area contributed by atoms with Crippen molar-refractivity contribution in [3.05, 3.63) is 29.5 Å². The zero-order chi connectivity index (χ0) is 16.4. The van der Waals surface area contributed by atoms with Crippen molar-refractivity contribution in [2.24, 2.45) is 7.05 Å². The smallest absolute Gasteiger partial charge is 0.185 e. The number of rotatable bonds is 3. The molecule has 0 N–H and O–H groups in total. The summed E-state index contributed by atoms with van der Waals surface area (Å²) in [5.41, 5.74) is 0.948.